The molecule has 0 saturated heterocycles. The van der Waals surface area contributed by atoms with E-state index in [4.69, 9.17) is 9.47 Å². The maximum absolute atomic E-state index is 12.8. The first-order chi connectivity index (χ1) is 15.0. The summed E-state index contributed by atoms with van der Waals surface area (Å²) in [6.07, 6.45) is 0. The summed E-state index contributed by atoms with van der Waals surface area (Å²) in [5, 5.41) is 5.22. The molecule has 1 N–H and O–H groups in total. The second-order valence-electron chi connectivity index (χ2n) is 6.59. The fourth-order valence-corrected chi connectivity index (χ4v) is 3.75. The van der Waals surface area contributed by atoms with Crippen molar-refractivity contribution in [1.82, 2.24) is 4.98 Å². The van der Waals surface area contributed by atoms with Gasteiger partial charge in [-0.3, -0.25) is 9.59 Å². The molecular formula is C23H22N2O5S. The number of anilines is 2. The number of nitrogens with zero attached hydrogens (tertiary/aromatic N) is 1. The maximum Gasteiger partial charge on any atom is 0.340 e. The Kier molecular flexibility index (Phi) is 7.50. The number of aromatic nitrogens is 1. The van der Waals surface area contributed by atoms with Crippen LogP contribution in [0.3, 0.4) is 0 Å². The van der Waals surface area contributed by atoms with Gasteiger partial charge in [0.15, 0.2) is 18.3 Å². The fraction of sp³-hybridized carbons (Fsp3) is 0.217. The van der Waals surface area contributed by atoms with Crippen LogP contribution in [0, 0.1) is 6.92 Å². The molecule has 0 fully saturated rings. The van der Waals surface area contributed by atoms with Gasteiger partial charge >= 0.3 is 11.9 Å². The summed E-state index contributed by atoms with van der Waals surface area (Å²) >= 11 is 1.19. The number of benzene rings is 2. The van der Waals surface area contributed by atoms with Crippen LogP contribution in [-0.2, 0) is 19.1 Å². The number of thiazole rings is 1. The Morgan fingerprint density at radius 2 is 1.74 bits per heavy atom. The molecule has 0 radical (unpaired) electrons. The van der Waals surface area contributed by atoms with Crippen LogP contribution >= 0.6 is 11.3 Å². The molecule has 1 heterocycles. The number of ketones is 1. The van der Waals surface area contributed by atoms with Gasteiger partial charge in [0.2, 0.25) is 0 Å². The lowest BCUT2D eigenvalue weighted by Gasteiger charge is -2.14. The van der Waals surface area contributed by atoms with Crippen LogP contribution in [0.15, 0.2) is 60.0 Å². The molecule has 1 atom stereocenters. The van der Waals surface area contributed by atoms with Crippen LogP contribution in [0.4, 0.5) is 11.4 Å². The van der Waals surface area contributed by atoms with Crippen molar-refractivity contribution in [2.45, 2.75) is 19.8 Å². The highest BCUT2D eigenvalue weighted by Gasteiger charge is 2.33. The lowest BCUT2D eigenvalue weighted by atomic mass is 10.1. The first kappa shape index (κ1) is 22.2. The van der Waals surface area contributed by atoms with Gasteiger partial charge in [0.05, 0.1) is 17.9 Å². The Bertz CT molecular complexity index is 1060. The van der Waals surface area contributed by atoms with Crippen LogP contribution in [0.2, 0.25) is 0 Å². The quantitative estimate of drug-likeness (QED) is 0.394. The highest BCUT2D eigenvalue weighted by atomic mass is 32.1. The molecule has 0 aliphatic carbocycles. The third kappa shape index (κ3) is 5.76. The zero-order valence-electron chi connectivity index (χ0n) is 17.2. The Morgan fingerprint density at radius 3 is 2.42 bits per heavy atom. The van der Waals surface area contributed by atoms with Crippen molar-refractivity contribution in [2.24, 2.45) is 0 Å². The Hall–Kier alpha value is -3.52. The second-order valence-corrected chi connectivity index (χ2v) is 7.48. The number of esters is 2. The molecule has 0 saturated carbocycles. The predicted molar refractivity (Wildman–Crippen MR) is 118 cm³/mol. The number of ether oxygens (including phenoxy) is 2. The monoisotopic (exact) mass is 438 g/mol. The molecule has 1 aromatic heterocycles. The molecule has 0 aliphatic rings. The number of nitrogens with one attached hydrogen (secondary N) is 1. The van der Waals surface area contributed by atoms with E-state index >= 15 is 0 Å². The molecule has 0 spiro atoms. The number of Topliss-reactive ketones (excluding diaryl/α,β-unsaturated/α-hetero) is 1. The van der Waals surface area contributed by atoms with E-state index in [9.17, 15) is 14.4 Å². The van der Waals surface area contributed by atoms with Gasteiger partial charge in [0.25, 0.3) is 0 Å². The van der Waals surface area contributed by atoms with E-state index in [2.05, 4.69) is 10.3 Å². The fourth-order valence-electron chi connectivity index (χ4n) is 2.85. The summed E-state index contributed by atoms with van der Waals surface area (Å²) in [6.45, 7) is 2.98. The van der Waals surface area contributed by atoms with E-state index in [0.29, 0.717) is 16.4 Å². The number of hydrogen-bond donors (Lipinski definition) is 1. The van der Waals surface area contributed by atoms with E-state index in [1.165, 1.54) is 11.3 Å². The zero-order chi connectivity index (χ0) is 22.2. The van der Waals surface area contributed by atoms with Gasteiger partial charge < -0.3 is 14.8 Å². The van der Waals surface area contributed by atoms with Crippen LogP contribution in [0.25, 0.3) is 0 Å². The molecule has 2 aromatic carbocycles. The van der Waals surface area contributed by atoms with Crippen molar-refractivity contribution in [3.8, 4) is 0 Å². The first-order valence-corrected chi connectivity index (χ1v) is 10.6. The third-order valence-corrected chi connectivity index (χ3v) is 5.30. The molecule has 7 nitrogen and oxygen atoms in total. The Balaban J connectivity index is 1.72. The molecule has 0 bridgehead atoms. The largest absolute Gasteiger partial charge is 0.465 e. The minimum atomic E-state index is -1.22. The van der Waals surface area contributed by atoms with Gasteiger partial charge in [-0.25, -0.2) is 9.78 Å². The number of para-hydroxylation sites is 2. The molecule has 3 aromatic rings. The molecule has 3 rings (SSSR count). The first-order valence-electron chi connectivity index (χ1n) is 9.69. The highest BCUT2D eigenvalue weighted by molar-refractivity contribution is 7.10. The summed E-state index contributed by atoms with van der Waals surface area (Å²) in [6, 6.07) is 16.2. The lowest BCUT2D eigenvalue weighted by molar-refractivity contribution is -0.148. The van der Waals surface area contributed by atoms with E-state index in [-0.39, 0.29) is 12.2 Å². The summed E-state index contributed by atoms with van der Waals surface area (Å²) in [7, 11) is 0. The maximum atomic E-state index is 12.8. The standard InChI is InChI=1S/C23H22N2O5S/c1-3-29-23(28)20(21-24-15(2)14-31-21)19(26)13-30-22(27)17-11-7-8-12-18(17)25-16-9-5-4-6-10-16/h4-12,14,20,25H,3,13H2,1-2H3/t20-/m1/s1. The van der Waals surface area contributed by atoms with Crippen LogP contribution in [0.5, 0.6) is 0 Å². The van der Waals surface area contributed by atoms with Crippen molar-refractivity contribution in [3.05, 3.63) is 76.2 Å². The zero-order valence-corrected chi connectivity index (χ0v) is 18.0. The van der Waals surface area contributed by atoms with Crippen LogP contribution < -0.4 is 5.32 Å². The number of rotatable bonds is 9. The average molecular weight is 439 g/mol. The molecule has 0 aliphatic heterocycles. The van der Waals surface area contributed by atoms with Crippen molar-refractivity contribution < 1.29 is 23.9 Å². The Labute approximate surface area is 184 Å². The molecule has 0 amide bonds. The number of carbonyl (C=O) groups is 3. The van der Waals surface area contributed by atoms with E-state index in [1.807, 2.05) is 30.3 Å². The number of aryl methyl sites for hydroxylation is 1. The van der Waals surface area contributed by atoms with Gasteiger partial charge in [0, 0.05) is 16.8 Å². The van der Waals surface area contributed by atoms with E-state index in [1.54, 1.807) is 43.5 Å². The van der Waals surface area contributed by atoms with Crippen molar-refractivity contribution in [1.29, 1.82) is 0 Å². The lowest BCUT2D eigenvalue weighted by Crippen LogP contribution is -2.28. The van der Waals surface area contributed by atoms with Crippen molar-refractivity contribution >= 4 is 40.4 Å². The van der Waals surface area contributed by atoms with Crippen LogP contribution in [-0.4, -0.2) is 35.9 Å². The Morgan fingerprint density at radius 1 is 1.03 bits per heavy atom. The normalized spacial score (nSPS) is 11.4. The van der Waals surface area contributed by atoms with Crippen molar-refractivity contribution in [3.63, 3.8) is 0 Å². The molecule has 0 unspecified atom stereocenters. The van der Waals surface area contributed by atoms with Crippen molar-refractivity contribution in [2.75, 3.05) is 18.5 Å². The minimum Gasteiger partial charge on any atom is -0.465 e. The van der Waals surface area contributed by atoms with Crippen LogP contribution in [0.1, 0.15) is 33.9 Å². The van der Waals surface area contributed by atoms with Gasteiger partial charge in [-0.15, -0.1) is 11.3 Å². The van der Waals surface area contributed by atoms with Gasteiger partial charge in [-0.05, 0) is 38.1 Å². The summed E-state index contributed by atoms with van der Waals surface area (Å²) < 4.78 is 10.3. The number of hydrogen-bond acceptors (Lipinski definition) is 8. The minimum absolute atomic E-state index is 0.130. The van der Waals surface area contributed by atoms with E-state index < -0.39 is 30.2 Å². The van der Waals surface area contributed by atoms with Gasteiger partial charge in [-0.1, -0.05) is 30.3 Å². The SMILES string of the molecule is CCOC(=O)[C@H](C(=O)COC(=O)c1ccccc1Nc1ccccc1)c1nc(C)cs1. The smallest absolute Gasteiger partial charge is 0.340 e. The summed E-state index contributed by atoms with van der Waals surface area (Å²) in [5.41, 5.74) is 2.32. The average Bonchev–Trinajstić information content (AvgIpc) is 3.19. The predicted octanol–water partition coefficient (Wildman–Crippen LogP) is 4.27. The second kappa shape index (κ2) is 10.5. The number of carbonyl (C=O) groups excluding carboxylic acids is 3. The summed E-state index contributed by atoms with van der Waals surface area (Å²) in [4.78, 5) is 42.0. The molecular weight excluding hydrogens is 416 g/mol. The molecule has 31 heavy (non-hydrogen) atoms. The van der Waals surface area contributed by atoms with Gasteiger partial charge in [0.1, 0.15) is 5.01 Å². The topological polar surface area (TPSA) is 94.6 Å². The summed E-state index contributed by atoms with van der Waals surface area (Å²) in [5.74, 6) is -3.19. The molecule has 160 valence electrons. The third-order valence-electron chi connectivity index (χ3n) is 4.27. The van der Waals surface area contributed by atoms with Gasteiger partial charge in [-0.2, -0.15) is 0 Å². The van der Waals surface area contributed by atoms with E-state index in [0.717, 1.165) is 5.69 Å². The highest BCUT2D eigenvalue weighted by Crippen LogP contribution is 2.24. The molecule has 8 heteroatoms.